The molecule has 0 aliphatic rings. The van der Waals surface area contributed by atoms with Crippen molar-refractivity contribution in [2.75, 3.05) is 14.2 Å². The van der Waals surface area contributed by atoms with E-state index in [0.717, 1.165) is 22.2 Å². The van der Waals surface area contributed by atoms with Crippen LogP contribution < -0.4 is 14.6 Å². The van der Waals surface area contributed by atoms with E-state index >= 15 is 0 Å². The number of allylic oxidation sites excluding steroid dienone is 1. The predicted octanol–water partition coefficient (Wildman–Crippen LogP) is 5.35. The number of aromatic nitrogens is 1. The molecular weight excluding hydrogens is 532 g/mol. The van der Waals surface area contributed by atoms with E-state index in [0.29, 0.717) is 29.1 Å². The van der Waals surface area contributed by atoms with E-state index in [-0.39, 0.29) is 16.3 Å². The number of hydrogen-bond acceptors (Lipinski definition) is 7. The molecule has 0 radical (unpaired) electrons. The average molecular weight is 565 g/mol. The number of aromatic amines is 1. The number of methoxy groups -OCH3 is 2. The Morgan fingerprint density at radius 2 is 1.57 bits per heavy atom. The summed E-state index contributed by atoms with van der Waals surface area (Å²) < 4.78 is 38.4. The van der Waals surface area contributed by atoms with Crippen LogP contribution in [0.5, 0.6) is 11.5 Å². The Bertz CT molecular complexity index is 1600. The maximum Gasteiger partial charge on any atom is 0.293 e. The normalized spacial score (nSPS) is 11.6. The highest BCUT2D eigenvalue weighted by Crippen LogP contribution is 2.37. The summed E-state index contributed by atoms with van der Waals surface area (Å²) in [5.41, 5.74) is 3.39. The summed E-state index contributed by atoms with van der Waals surface area (Å²) in [5, 5.41) is 6.18. The molecule has 0 unspecified atom stereocenters. The molecular formula is C30H32N2O7S. The van der Waals surface area contributed by atoms with Crippen LogP contribution in [0.2, 0.25) is 0 Å². The number of hydrogen-bond donors (Lipinski definition) is 2. The van der Waals surface area contributed by atoms with Crippen LogP contribution in [0.25, 0.3) is 28.2 Å². The third kappa shape index (κ3) is 7.81. The molecule has 10 heteroatoms. The van der Waals surface area contributed by atoms with Crippen LogP contribution in [0, 0.1) is 0 Å². The van der Waals surface area contributed by atoms with Gasteiger partial charge in [-0.2, -0.15) is 0 Å². The number of fused-ring (bicyclic) bond motifs is 1. The first kappa shape index (κ1) is 30.1. The summed E-state index contributed by atoms with van der Waals surface area (Å²) in [5.74, 6) is 0.877. The molecule has 3 aromatic carbocycles. The second-order valence-corrected chi connectivity index (χ2v) is 11.2. The molecule has 0 saturated heterocycles. The van der Waals surface area contributed by atoms with Gasteiger partial charge >= 0.3 is 0 Å². The molecule has 1 aromatic heterocycles. The lowest BCUT2D eigenvalue weighted by molar-refractivity contribution is -0.138. The van der Waals surface area contributed by atoms with Crippen LogP contribution in [-0.2, 0) is 19.6 Å². The van der Waals surface area contributed by atoms with E-state index < -0.39 is 10.0 Å². The zero-order valence-electron chi connectivity index (χ0n) is 22.9. The largest absolute Gasteiger partial charge is 0.496 e. The lowest BCUT2D eigenvalue weighted by atomic mass is 10.0. The first-order chi connectivity index (χ1) is 18.9. The van der Waals surface area contributed by atoms with Gasteiger partial charge in [0.05, 0.1) is 24.8 Å². The van der Waals surface area contributed by atoms with Crippen LogP contribution >= 0.6 is 0 Å². The minimum absolute atomic E-state index is 0.0529. The van der Waals surface area contributed by atoms with Gasteiger partial charge < -0.3 is 19.2 Å². The van der Waals surface area contributed by atoms with Gasteiger partial charge in [0.15, 0.2) is 5.78 Å². The molecule has 0 spiro atoms. The SMILES string of the molecule is CC(C)(C)OC=O.COc1cc(OC)c(-c2cc3ccccc3[nH]2)cc1/C=C/C(=O)c1ccc(S(N)(=O)=O)cc1. The highest BCUT2D eigenvalue weighted by atomic mass is 32.2. The Labute approximate surface area is 233 Å². The predicted molar refractivity (Wildman–Crippen MR) is 155 cm³/mol. The number of benzene rings is 3. The first-order valence-electron chi connectivity index (χ1n) is 12.2. The number of rotatable bonds is 8. The number of para-hydroxylation sites is 1. The molecule has 0 amide bonds. The van der Waals surface area contributed by atoms with Crippen molar-refractivity contribution in [2.45, 2.75) is 31.3 Å². The lowest BCUT2D eigenvalue weighted by Crippen LogP contribution is -2.17. The van der Waals surface area contributed by atoms with E-state index in [1.54, 1.807) is 26.4 Å². The van der Waals surface area contributed by atoms with E-state index in [2.05, 4.69) is 9.72 Å². The van der Waals surface area contributed by atoms with Crippen molar-refractivity contribution in [1.82, 2.24) is 4.98 Å². The second kappa shape index (κ2) is 12.6. The molecule has 1 heterocycles. The standard InChI is InChI=1S/C25H22N2O5S.C5H10O2/c1-31-24-15-25(32-2)20(22-14-17-5-3-4-6-21(17)27-22)13-18(24)9-12-23(28)16-7-10-19(11-8-16)33(26,29)30;1-5(2,3)7-4-6/h3-15,27H,1-2H3,(H2,26,29,30);4H,1-3H3/b12-9+;. The van der Waals surface area contributed by atoms with E-state index in [1.165, 1.54) is 30.3 Å². The maximum absolute atomic E-state index is 12.6. The monoisotopic (exact) mass is 564 g/mol. The molecule has 3 N–H and O–H groups in total. The summed E-state index contributed by atoms with van der Waals surface area (Å²) in [6.45, 7) is 5.92. The van der Waals surface area contributed by atoms with Gasteiger partial charge in [-0.25, -0.2) is 13.6 Å². The Balaban J connectivity index is 0.000000559. The second-order valence-electron chi connectivity index (χ2n) is 9.66. The molecule has 9 nitrogen and oxygen atoms in total. The van der Waals surface area contributed by atoms with Gasteiger partial charge in [-0.3, -0.25) is 9.59 Å². The van der Waals surface area contributed by atoms with Crippen LogP contribution in [0.4, 0.5) is 0 Å². The van der Waals surface area contributed by atoms with Crippen molar-refractivity contribution >= 4 is 39.3 Å². The number of carbonyl (C=O) groups excluding carboxylic acids is 2. The Hall–Kier alpha value is -4.41. The first-order valence-corrected chi connectivity index (χ1v) is 13.7. The van der Waals surface area contributed by atoms with Gasteiger partial charge in [-0.1, -0.05) is 18.2 Å². The molecule has 0 aliphatic carbocycles. The number of nitrogens with one attached hydrogen (secondary N) is 1. The zero-order valence-corrected chi connectivity index (χ0v) is 23.7. The van der Waals surface area contributed by atoms with Gasteiger partial charge in [-0.15, -0.1) is 0 Å². The number of H-pyrrole nitrogens is 1. The van der Waals surface area contributed by atoms with E-state index in [4.69, 9.17) is 14.6 Å². The summed E-state index contributed by atoms with van der Waals surface area (Å²) in [6, 6.07) is 19.1. The van der Waals surface area contributed by atoms with Gasteiger partial charge in [0, 0.05) is 33.7 Å². The van der Waals surface area contributed by atoms with Crippen molar-refractivity contribution in [3.63, 3.8) is 0 Å². The van der Waals surface area contributed by atoms with Crippen molar-refractivity contribution in [2.24, 2.45) is 5.14 Å². The molecule has 4 aromatic rings. The lowest BCUT2D eigenvalue weighted by Gasteiger charge is -2.14. The minimum Gasteiger partial charge on any atom is -0.496 e. The van der Waals surface area contributed by atoms with Crippen LogP contribution in [0.15, 0.2) is 77.7 Å². The van der Waals surface area contributed by atoms with Gasteiger partial charge in [0.25, 0.3) is 6.47 Å². The van der Waals surface area contributed by atoms with E-state index in [9.17, 15) is 18.0 Å². The summed E-state index contributed by atoms with van der Waals surface area (Å²) in [7, 11) is -0.685. The molecule has 0 bridgehead atoms. The number of primary sulfonamides is 1. The Morgan fingerprint density at radius 1 is 0.925 bits per heavy atom. The molecule has 40 heavy (non-hydrogen) atoms. The van der Waals surface area contributed by atoms with Crippen LogP contribution in [0.1, 0.15) is 36.7 Å². The molecule has 0 atom stereocenters. The third-order valence-corrected chi connectivity index (χ3v) is 6.58. The topological polar surface area (TPSA) is 138 Å². The average Bonchev–Trinajstić information content (AvgIpc) is 3.34. The smallest absolute Gasteiger partial charge is 0.293 e. The summed E-state index contributed by atoms with van der Waals surface area (Å²) in [4.78, 5) is 25.6. The van der Waals surface area contributed by atoms with Crippen molar-refractivity contribution in [3.05, 3.63) is 83.9 Å². The Morgan fingerprint density at radius 3 is 2.10 bits per heavy atom. The number of ether oxygens (including phenoxy) is 3. The van der Waals surface area contributed by atoms with Crippen molar-refractivity contribution < 1.29 is 32.2 Å². The van der Waals surface area contributed by atoms with Gasteiger partial charge in [0.1, 0.15) is 17.1 Å². The van der Waals surface area contributed by atoms with Crippen LogP contribution in [-0.4, -0.2) is 45.5 Å². The Kier molecular flexibility index (Phi) is 9.51. The quantitative estimate of drug-likeness (QED) is 0.167. The summed E-state index contributed by atoms with van der Waals surface area (Å²) >= 11 is 0. The van der Waals surface area contributed by atoms with Gasteiger partial charge in [-0.05, 0) is 75.4 Å². The fourth-order valence-corrected chi connectivity index (χ4v) is 4.21. The summed E-state index contributed by atoms with van der Waals surface area (Å²) in [6.07, 6.45) is 3.06. The molecule has 210 valence electrons. The maximum atomic E-state index is 12.6. The number of ketones is 1. The molecule has 0 fully saturated rings. The fraction of sp³-hybridized carbons (Fsp3) is 0.200. The number of nitrogens with two attached hydrogens (primary N) is 1. The van der Waals surface area contributed by atoms with Crippen molar-refractivity contribution in [1.29, 1.82) is 0 Å². The molecule has 4 rings (SSSR count). The highest BCUT2D eigenvalue weighted by molar-refractivity contribution is 7.89. The number of carbonyl (C=O) groups is 2. The molecule has 0 saturated carbocycles. The van der Waals surface area contributed by atoms with Gasteiger partial charge in [0.2, 0.25) is 10.0 Å². The van der Waals surface area contributed by atoms with Crippen LogP contribution in [0.3, 0.4) is 0 Å². The minimum atomic E-state index is -3.82. The van der Waals surface area contributed by atoms with E-state index in [1.807, 2.05) is 57.2 Å². The third-order valence-electron chi connectivity index (χ3n) is 5.66. The highest BCUT2D eigenvalue weighted by Gasteiger charge is 2.15. The molecule has 0 aliphatic heterocycles. The van der Waals surface area contributed by atoms with Crippen molar-refractivity contribution in [3.8, 4) is 22.8 Å². The number of sulfonamides is 1. The zero-order chi connectivity index (χ0) is 29.5. The fourth-order valence-electron chi connectivity index (χ4n) is 3.70.